The number of aliphatic hydroxyl groups excluding tert-OH is 1. The van der Waals surface area contributed by atoms with Crippen LogP contribution in [-0.4, -0.2) is 42.3 Å². The smallest absolute Gasteiger partial charge is 0.125 e. The number of likely N-dealkylation sites (tertiary alicyclic amines) is 1. The Hall–Kier alpha value is -1.13. The van der Waals surface area contributed by atoms with Gasteiger partial charge in [0, 0.05) is 36.8 Å². The summed E-state index contributed by atoms with van der Waals surface area (Å²) in [6.07, 6.45) is 2.24. The van der Waals surface area contributed by atoms with Crippen molar-refractivity contribution >= 4 is 5.69 Å². The molecular weight excluding hydrogens is 255 g/mol. The highest BCUT2D eigenvalue weighted by molar-refractivity contribution is 5.44. The third-order valence-corrected chi connectivity index (χ3v) is 3.78. The van der Waals surface area contributed by atoms with Gasteiger partial charge in [-0.1, -0.05) is 19.9 Å². The maximum absolute atomic E-state index is 13.2. The molecule has 1 aliphatic heterocycles. The van der Waals surface area contributed by atoms with Gasteiger partial charge in [0.05, 0.1) is 0 Å². The van der Waals surface area contributed by atoms with E-state index in [0.29, 0.717) is 6.04 Å². The summed E-state index contributed by atoms with van der Waals surface area (Å²) in [6.45, 7) is 7.27. The summed E-state index contributed by atoms with van der Waals surface area (Å²) in [7, 11) is 0. The Labute approximate surface area is 120 Å². The first-order valence-electron chi connectivity index (χ1n) is 7.34. The Kier molecular flexibility index (Phi) is 5.00. The number of halogens is 1. The van der Waals surface area contributed by atoms with Crippen LogP contribution in [0.25, 0.3) is 0 Å². The molecule has 1 aliphatic rings. The second kappa shape index (κ2) is 6.55. The number of anilines is 1. The Morgan fingerprint density at radius 2 is 2.25 bits per heavy atom. The minimum Gasteiger partial charge on any atom is -0.396 e. The molecule has 0 unspecified atom stereocenters. The first kappa shape index (κ1) is 15.3. The molecule has 4 heteroatoms. The topological polar surface area (TPSA) is 35.5 Å². The Balaban J connectivity index is 1.90. The zero-order valence-corrected chi connectivity index (χ0v) is 12.4. The summed E-state index contributed by atoms with van der Waals surface area (Å²) >= 11 is 0. The van der Waals surface area contributed by atoms with Crippen LogP contribution in [0.4, 0.5) is 10.1 Å². The van der Waals surface area contributed by atoms with Gasteiger partial charge in [0.1, 0.15) is 5.82 Å². The van der Waals surface area contributed by atoms with Crippen molar-refractivity contribution in [3.63, 3.8) is 0 Å². The van der Waals surface area contributed by atoms with E-state index >= 15 is 0 Å². The van der Waals surface area contributed by atoms with Crippen molar-refractivity contribution in [3.8, 4) is 0 Å². The maximum atomic E-state index is 13.2. The lowest BCUT2D eigenvalue weighted by atomic mass is 9.92. The molecule has 1 atom stereocenters. The van der Waals surface area contributed by atoms with Gasteiger partial charge in [-0.3, -0.25) is 0 Å². The summed E-state index contributed by atoms with van der Waals surface area (Å²) in [5.74, 6) is -0.205. The van der Waals surface area contributed by atoms with Crippen LogP contribution in [0, 0.1) is 11.2 Å². The minimum absolute atomic E-state index is 0.0687. The van der Waals surface area contributed by atoms with Gasteiger partial charge in [-0.05, 0) is 37.6 Å². The van der Waals surface area contributed by atoms with E-state index < -0.39 is 0 Å². The number of aliphatic hydroxyl groups is 1. The molecule has 0 aromatic heterocycles. The molecule has 112 valence electrons. The third-order valence-electron chi connectivity index (χ3n) is 3.78. The number of hydrogen-bond donors (Lipinski definition) is 2. The highest BCUT2D eigenvalue weighted by Gasteiger charge is 2.25. The summed E-state index contributed by atoms with van der Waals surface area (Å²) < 4.78 is 13.2. The zero-order valence-electron chi connectivity index (χ0n) is 12.4. The lowest BCUT2D eigenvalue weighted by molar-refractivity contribution is 0.0894. The number of piperidine rings is 1. The molecule has 0 aliphatic carbocycles. The fourth-order valence-electron chi connectivity index (χ4n) is 2.79. The van der Waals surface area contributed by atoms with Crippen molar-refractivity contribution in [1.29, 1.82) is 0 Å². The molecule has 1 fully saturated rings. The predicted molar refractivity (Wildman–Crippen MR) is 80.4 cm³/mol. The lowest BCUT2D eigenvalue weighted by Gasteiger charge is -2.37. The molecule has 1 saturated heterocycles. The van der Waals surface area contributed by atoms with Gasteiger partial charge in [0.2, 0.25) is 0 Å². The van der Waals surface area contributed by atoms with Crippen LogP contribution in [0.2, 0.25) is 0 Å². The van der Waals surface area contributed by atoms with Gasteiger partial charge in [-0.15, -0.1) is 0 Å². The average Bonchev–Trinajstić information content (AvgIpc) is 2.38. The monoisotopic (exact) mass is 280 g/mol. The van der Waals surface area contributed by atoms with E-state index in [1.807, 2.05) is 6.07 Å². The van der Waals surface area contributed by atoms with Crippen molar-refractivity contribution in [2.45, 2.75) is 32.7 Å². The second-order valence-electron chi connectivity index (χ2n) is 6.55. The lowest BCUT2D eigenvalue weighted by Crippen LogP contribution is -2.46. The van der Waals surface area contributed by atoms with Gasteiger partial charge in [-0.2, -0.15) is 0 Å². The minimum atomic E-state index is -0.205. The van der Waals surface area contributed by atoms with Crippen LogP contribution >= 0.6 is 0 Å². The summed E-state index contributed by atoms with van der Waals surface area (Å²) in [4.78, 5) is 2.39. The third kappa shape index (κ3) is 4.46. The van der Waals surface area contributed by atoms with E-state index in [4.69, 9.17) is 0 Å². The van der Waals surface area contributed by atoms with Crippen molar-refractivity contribution in [3.05, 3.63) is 30.1 Å². The number of benzene rings is 1. The van der Waals surface area contributed by atoms with Crippen molar-refractivity contribution < 1.29 is 9.50 Å². The highest BCUT2D eigenvalue weighted by Crippen LogP contribution is 2.21. The molecule has 1 aromatic carbocycles. The van der Waals surface area contributed by atoms with Gasteiger partial charge in [0.25, 0.3) is 0 Å². The van der Waals surface area contributed by atoms with Crippen LogP contribution < -0.4 is 5.32 Å². The molecule has 0 radical (unpaired) electrons. The maximum Gasteiger partial charge on any atom is 0.125 e. The average molecular weight is 280 g/mol. The normalized spacial score (nSPS) is 20.9. The van der Waals surface area contributed by atoms with E-state index in [0.717, 1.165) is 38.2 Å². The Morgan fingerprint density at radius 1 is 1.45 bits per heavy atom. The zero-order chi connectivity index (χ0) is 14.6. The first-order valence-corrected chi connectivity index (χ1v) is 7.34. The first-order chi connectivity index (χ1) is 9.48. The second-order valence-corrected chi connectivity index (χ2v) is 6.55. The van der Waals surface area contributed by atoms with Gasteiger partial charge >= 0.3 is 0 Å². The molecule has 0 spiro atoms. The molecule has 0 saturated carbocycles. The van der Waals surface area contributed by atoms with Crippen LogP contribution in [-0.2, 0) is 0 Å². The quantitative estimate of drug-likeness (QED) is 0.870. The van der Waals surface area contributed by atoms with Gasteiger partial charge in [-0.25, -0.2) is 4.39 Å². The molecular formula is C16H25FN2O. The number of nitrogens with zero attached hydrogens (tertiary/aromatic N) is 1. The van der Waals surface area contributed by atoms with Crippen molar-refractivity contribution in [1.82, 2.24) is 4.90 Å². The summed E-state index contributed by atoms with van der Waals surface area (Å²) in [5, 5.41) is 12.8. The van der Waals surface area contributed by atoms with E-state index in [1.165, 1.54) is 12.1 Å². The largest absolute Gasteiger partial charge is 0.396 e. The van der Waals surface area contributed by atoms with Crippen LogP contribution in [0.3, 0.4) is 0 Å². The molecule has 2 N–H and O–H groups in total. The molecule has 3 nitrogen and oxygen atoms in total. The number of hydrogen-bond acceptors (Lipinski definition) is 3. The van der Waals surface area contributed by atoms with Gasteiger partial charge < -0.3 is 15.3 Å². The van der Waals surface area contributed by atoms with Gasteiger partial charge in [0.15, 0.2) is 0 Å². The molecule has 1 heterocycles. The SMILES string of the molecule is CC(C)(CO)CN1CCC[C@@H](Nc2cccc(F)c2)C1. The van der Waals surface area contributed by atoms with Crippen molar-refractivity contribution in [2.75, 3.05) is 31.6 Å². The highest BCUT2D eigenvalue weighted by atomic mass is 19.1. The molecule has 1 aromatic rings. The van der Waals surface area contributed by atoms with E-state index in [-0.39, 0.29) is 17.8 Å². The fraction of sp³-hybridized carbons (Fsp3) is 0.625. The van der Waals surface area contributed by atoms with E-state index in [1.54, 1.807) is 6.07 Å². The summed E-state index contributed by atoms with van der Waals surface area (Å²) in [6, 6.07) is 6.98. The molecule has 0 bridgehead atoms. The standard InChI is InChI=1S/C16H25FN2O/c1-16(2,12-20)11-19-8-4-7-15(10-19)18-14-6-3-5-13(17)9-14/h3,5-6,9,15,18,20H,4,7-8,10-12H2,1-2H3/t15-/m1/s1. The van der Waals surface area contributed by atoms with E-state index in [2.05, 4.69) is 24.1 Å². The Morgan fingerprint density at radius 3 is 2.95 bits per heavy atom. The number of nitrogens with one attached hydrogen (secondary N) is 1. The van der Waals surface area contributed by atoms with E-state index in [9.17, 15) is 9.50 Å². The molecule has 20 heavy (non-hydrogen) atoms. The molecule has 2 rings (SSSR count). The number of rotatable bonds is 5. The van der Waals surface area contributed by atoms with Crippen LogP contribution in [0.1, 0.15) is 26.7 Å². The predicted octanol–water partition coefficient (Wildman–Crippen LogP) is 2.72. The fourth-order valence-corrected chi connectivity index (χ4v) is 2.79. The van der Waals surface area contributed by atoms with Crippen molar-refractivity contribution in [2.24, 2.45) is 5.41 Å². The molecule has 0 amide bonds. The van der Waals surface area contributed by atoms with Crippen LogP contribution in [0.15, 0.2) is 24.3 Å². The van der Waals surface area contributed by atoms with Crippen LogP contribution in [0.5, 0.6) is 0 Å². The summed E-state index contributed by atoms with van der Waals surface area (Å²) in [5.41, 5.74) is 0.777. The Bertz CT molecular complexity index is 436.